The number of rotatable bonds is 3. The lowest BCUT2D eigenvalue weighted by Gasteiger charge is -2.54. The molecular weight excluding hydrogens is 390 g/mol. The molecule has 0 aliphatic carbocycles. The van der Waals surface area contributed by atoms with Crippen LogP contribution < -0.4 is 10.2 Å². The van der Waals surface area contributed by atoms with Crippen LogP contribution in [0.15, 0.2) is 36.5 Å². The Bertz CT molecular complexity index is 1040. The van der Waals surface area contributed by atoms with Crippen molar-refractivity contribution in [3.05, 3.63) is 42.3 Å². The fourth-order valence-electron chi connectivity index (χ4n) is 4.84. The van der Waals surface area contributed by atoms with Crippen LogP contribution in [0.2, 0.25) is 0 Å². The number of benzene rings is 1. The summed E-state index contributed by atoms with van der Waals surface area (Å²) in [4.78, 5) is 30.3. The van der Waals surface area contributed by atoms with E-state index in [9.17, 15) is 14.0 Å². The highest BCUT2D eigenvalue weighted by atomic mass is 19.1. The minimum absolute atomic E-state index is 0.0963. The van der Waals surface area contributed by atoms with E-state index in [1.54, 1.807) is 52.9 Å². The zero-order valence-electron chi connectivity index (χ0n) is 17.9. The van der Waals surface area contributed by atoms with Gasteiger partial charge in [-0.05, 0) is 57.4 Å². The number of pyridine rings is 1. The van der Waals surface area contributed by atoms with Gasteiger partial charge in [0.05, 0.1) is 19.0 Å². The highest BCUT2D eigenvalue weighted by molar-refractivity contribution is 6.80. The number of aromatic nitrogens is 1. The summed E-state index contributed by atoms with van der Waals surface area (Å²) < 4.78 is 30.6. The molecule has 2 aliphatic heterocycles. The van der Waals surface area contributed by atoms with Crippen LogP contribution in [0.1, 0.15) is 27.7 Å². The summed E-state index contributed by atoms with van der Waals surface area (Å²) in [7, 11) is 3.27. The van der Waals surface area contributed by atoms with E-state index in [0.717, 1.165) is 0 Å². The van der Waals surface area contributed by atoms with Crippen molar-refractivity contribution in [2.24, 2.45) is 0 Å². The van der Waals surface area contributed by atoms with Crippen LogP contribution in [0.4, 0.5) is 4.39 Å². The maximum absolute atomic E-state index is 13.4. The molecule has 30 heavy (non-hydrogen) atoms. The first-order valence-corrected chi connectivity index (χ1v) is 9.70. The normalized spacial score (nSPS) is 28.6. The maximum atomic E-state index is 13.4. The predicted molar refractivity (Wildman–Crippen MR) is 108 cm³/mol. The van der Waals surface area contributed by atoms with E-state index in [1.807, 2.05) is 0 Å². The summed E-state index contributed by atoms with van der Waals surface area (Å²) in [6.07, 6.45) is 1.49. The first kappa shape index (κ1) is 20.3. The molecular formula is C21H24BFN2O5. The zero-order valence-corrected chi connectivity index (χ0v) is 17.9. The fraction of sp³-hybridized carbons (Fsp3) is 0.381. The van der Waals surface area contributed by atoms with E-state index in [1.165, 1.54) is 25.4 Å². The smallest absolute Gasteiger partial charge is 0.595 e. The predicted octanol–water partition coefficient (Wildman–Crippen LogP) is 2.16. The van der Waals surface area contributed by atoms with E-state index in [-0.39, 0.29) is 10.2 Å². The molecule has 158 valence electrons. The van der Waals surface area contributed by atoms with Crippen LogP contribution in [0, 0.1) is 5.82 Å². The molecule has 0 unspecified atom stereocenters. The molecule has 0 atom stereocenters. The monoisotopic (exact) mass is 414 g/mol. The Labute approximate surface area is 174 Å². The van der Waals surface area contributed by atoms with E-state index in [2.05, 4.69) is 4.98 Å². The van der Waals surface area contributed by atoms with E-state index in [4.69, 9.17) is 14.0 Å². The van der Waals surface area contributed by atoms with Gasteiger partial charge in [0.1, 0.15) is 11.6 Å². The molecule has 2 aromatic rings. The van der Waals surface area contributed by atoms with Crippen molar-refractivity contribution in [3.8, 4) is 17.0 Å². The fourth-order valence-corrected chi connectivity index (χ4v) is 4.84. The Morgan fingerprint density at radius 3 is 2.07 bits per heavy atom. The number of carbonyl (C=O) groups is 2. The molecule has 2 aliphatic rings. The molecule has 0 saturated carbocycles. The van der Waals surface area contributed by atoms with E-state index >= 15 is 0 Å². The number of likely N-dealkylation sites (N-methyl/N-ethyl adjacent to an activating group) is 1. The summed E-state index contributed by atoms with van der Waals surface area (Å²) >= 11 is 0. The third-order valence-corrected chi connectivity index (χ3v) is 7.19. The van der Waals surface area contributed by atoms with Crippen LogP contribution in [0.25, 0.3) is 11.3 Å². The largest absolute Gasteiger partial charge is 0.619 e. The molecule has 0 N–H and O–H groups in total. The topological polar surface area (TPSA) is 74.7 Å². The van der Waals surface area contributed by atoms with Crippen LogP contribution in [0.5, 0.6) is 5.75 Å². The molecule has 2 fully saturated rings. The molecule has 3 heterocycles. The first-order chi connectivity index (χ1) is 13.9. The number of fused-ring (bicyclic) bond motifs is 1. The van der Waals surface area contributed by atoms with E-state index in [0.29, 0.717) is 22.5 Å². The van der Waals surface area contributed by atoms with Crippen molar-refractivity contribution < 1.29 is 32.4 Å². The number of halogens is 1. The molecule has 1 aromatic heterocycles. The molecule has 0 amide bonds. The Morgan fingerprint density at radius 1 is 1.03 bits per heavy atom. The van der Waals surface area contributed by atoms with Crippen LogP contribution in [-0.2, 0) is 18.9 Å². The van der Waals surface area contributed by atoms with Gasteiger partial charge >= 0.3 is 18.6 Å². The van der Waals surface area contributed by atoms with Crippen molar-refractivity contribution in [2.75, 3.05) is 14.2 Å². The van der Waals surface area contributed by atoms with Gasteiger partial charge in [0.15, 0.2) is 11.1 Å². The summed E-state index contributed by atoms with van der Waals surface area (Å²) in [6.45, 7) is 4.35. The maximum Gasteiger partial charge on any atom is 0.619 e. The average molecular weight is 414 g/mol. The second-order valence-electron chi connectivity index (χ2n) is 8.99. The van der Waals surface area contributed by atoms with Crippen molar-refractivity contribution in [1.29, 1.82) is 0 Å². The van der Waals surface area contributed by atoms with Gasteiger partial charge in [-0.1, -0.05) is 6.07 Å². The quantitative estimate of drug-likeness (QED) is 0.717. The zero-order chi connectivity index (χ0) is 22.1. The summed E-state index contributed by atoms with van der Waals surface area (Å²) in [5.74, 6) is -0.959. The first-order valence-electron chi connectivity index (χ1n) is 9.70. The highest BCUT2D eigenvalue weighted by Gasteiger charge is 2.80. The Kier molecular flexibility index (Phi) is 4.10. The van der Waals surface area contributed by atoms with Crippen molar-refractivity contribution in [1.82, 2.24) is 4.98 Å². The third-order valence-electron chi connectivity index (χ3n) is 7.19. The standard InChI is InChI=1S/C21H24BFN2O5/c1-20(2)18(26)29-22(25(20,5)21(3,4)19(27)30-22)15-11-16(24-12-17(15)28-6)13-7-9-14(23)10-8-13/h7-12H,1-6H3. The number of hydrogen-bond donors (Lipinski definition) is 0. The lowest BCUT2D eigenvalue weighted by Crippen LogP contribution is -2.78. The number of carbonyl (C=O) groups excluding carboxylic acids is 2. The SMILES string of the molecule is COc1cnc(-c2ccc(F)cc2)cc1[B-]12OC(=O)C(C)(C)[N+]1(C)C(C)(C)C(=O)O2. The van der Waals surface area contributed by atoms with Crippen molar-refractivity contribution in [2.45, 2.75) is 38.8 Å². The second-order valence-corrected chi connectivity index (χ2v) is 8.99. The number of hydrogen-bond acceptors (Lipinski definition) is 6. The molecule has 0 spiro atoms. The molecule has 2 saturated heterocycles. The minimum Gasteiger partial charge on any atom is -0.595 e. The molecule has 0 bridgehead atoms. The Balaban J connectivity index is 2.00. The van der Waals surface area contributed by atoms with Gasteiger partial charge in [0.25, 0.3) is 0 Å². The summed E-state index contributed by atoms with van der Waals surface area (Å²) in [6, 6.07) is 7.56. The molecule has 4 rings (SSSR count). The van der Waals surface area contributed by atoms with Gasteiger partial charge in [0, 0.05) is 12.6 Å². The van der Waals surface area contributed by atoms with Crippen LogP contribution in [0.3, 0.4) is 0 Å². The third kappa shape index (κ3) is 2.21. The number of nitrogens with zero attached hydrogens (tertiary/aromatic N) is 2. The number of methoxy groups -OCH3 is 1. The lowest BCUT2D eigenvalue weighted by molar-refractivity contribution is -0.885. The van der Waals surface area contributed by atoms with Gasteiger partial charge < -0.3 is 18.4 Å². The van der Waals surface area contributed by atoms with Crippen molar-refractivity contribution >= 4 is 24.1 Å². The van der Waals surface area contributed by atoms with Gasteiger partial charge in [-0.3, -0.25) is 4.98 Å². The molecule has 0 radical (unpaired) electrons. The van der Waals surface area contributed by atoms with Crippen LogP contribution >= 0.6 is 0 Å². The average Bonchev–Trinajstić information content (AvgIpc) is 2.96. The molecule has 9 heteroatoms. The van der Waals surface area contributed by atoms with Crippen LogP contribution in [-0.4, -0.2) is 53.2 Å². The molecule has 7 nitrogen and oxygen atoms in total. The van der Waals surface area contributed by atoms with Gasteiger partial charge in [-0.2, -0.15) is 0 Å². The second kappa shape index (κ2) is 6.04. The van der Waals surface area contributed by atoms with Gasteiger partial charge in [-0.15, -0.1) is 0 Å². The Morgan fingerprint density at radius 2 is 1.57 bits per heavy atom. The minimum atomic E-state index is -2.64. The highest BCUT2D eigenvalue weighted by Crippen LogP contribution is 2.52. The molecule has 1 aromatic carbocycles. The number of ether oxygens (including phenoxy) is 1. The summed E-state index contributed by atoms with van der Waals surface area (Å²) in [5, 5.41) is 0. The lowest BCUT2D eigenvalue weighted by atomic mass is 9.57. The van der Waals surface area contributed by atoms with Gasteiger partial charge in [-0.25, -0.2) is 14.0 Å². The van der Waals surface area contributed by atoms with E-state index < -0.39 is 29.7 Å². The Hall–Kier alpha value is -2.94. The number of quaternary nitrogens is 1. The van der Waals surface area contributed by atoms with Crippen molar-refractivity contribution in [3.63, 3.8) is 0 Å². The van der Waals surface area contributed by atoms with Gasteiger partial charge in [0.2, 0.25) is 0 Å². The summed E-state index contributed by atoms with van der Waals surface area (Å²) in [5.41, 5.74) is -0.517.